The average molecular weight is 142 g/mol. The molecule has 0 radical (unpaired) electrons. The van der Waals surface area contributed by atoms with Crippen LogP contribution in [0.3, 0.4) is 0 Å². The van der Waals surface area contributed by atoms with Gasteiger partial charge < -0.3 is 15.4 Å². The second kappa shape index (κ2) is 2.19. The maximum Gasteiger partial charge on any atom is 0.0856 e. The molecule has 58 valence electrons. The molecule has 0 spiro atoms. The van der Waals surface area contributed by atoms with Gasteiger partial charge in [0.05, 0.1) is 12.7 Å². The highest BCUT2D eigenvalue weighted by atomic mass is 16.5. The molecule has 10 heavy (non-hydrogen) atoms. The topological polar surface area (TPSA) is 38.5 Å². The number of nitrogens with zero attached hydrogens (tertiary/aromatic N) is 1. The van der Waals surface area contributed by atoms with Crippen molar-refractivity contribution in [2.75, 3.05) is 26.7 Å². The molecule has 0 aromatic heterocycles. The highest BCUT2D eigenvalue weighted by Crippen LogP contribution is 2.24. The summed E-state index contributed by atoms with van der Waals surface area (Å²) >= 11 is 0. The fourth-order valence-corrected chi connectivity index (χ4v) is 1.90. The van der Waals surface area contributed by atoms with Crippen LogP contribution in [0.2, 0.25) is 0 Å². The van der Waals surface area contributed by atoms with Gasteiger partial charge in [-0.3, -0.25) is 0 Å². The smallest absolute Gasteiger partial charge is 0.0856 e. The molecule has 2 aliphatic rings. The van der Waals surface area contributed by atoms with E-state index in [0.29, 0.717) is 18.1 Å². The van der Waals surface area contributed by atoms with Crippen molar-refractivity contribution in [3.63, 3.8) is 0 Å². The average Bonchev–Trinajstić information content (AvgIpc) is 2.20. The Hall–Kier alpha value is -0.120. The standard InChI is InChI=1S/C7H14N2O/c1-9-2-5-4-10-6(3-9)7(5)8/h5-7H,2-4,8H2,1H3. The molecule has 0 amide bonds. The first-order valence-electron chi connectivity index (χ1n) is 3.83. The van der Waals surface area contributed by atoms with E-state index in [0.717, 1.165) is 19.7 Å². The summed E-state index contributed by atoms with van der Waals surface area (Å²) in [6.45, 7) is 2.99. The van der Waals surface area contributed by atoms with Crippen LogP contribution in [-0.4, -0.2) is 43.8 Å². The summed E-state index contributed by atoms with van der Waals surface area (Å²) in [5, 5.41) is 0. The lowest BCUT2D eigenvalue weighted by Gasteiger charge is -2.31. The normalized spacial score (nSPS) is 48.0. The number of nitrogens with two attached hydrogens (primary N) is 1. The van der Waals surface area contributed by atoms with Gasteiger partial charge >= 0.3 is 0 Å². The summed E-state index contributed by atoms with van der Waals surface area (Å²) in [7, 11) is 2.13. The van der Waals surface area contributed by atoms with E-state index in [1.165, 1.54) is 0 Å². The van der Waals surface area contributed by atoms with E-state index in [1.807, 2.05) is 0 Å². The van der Waals surface area contributed by atoms with E-state index >= 15 is 0 Å². The Balaban J connectivity index is 2.09. The molecule has 2 N–H and O–H groups in total. The number of rotatable bonds is 0. The van der Waals surface area contributed by atoms with Crippen LogP contribution < -0.4 is 5.73 Å². The highest BCUT2D eigenvalue weighted by Gasteiger charge is 2.39. The van der Waals surface area contributed by atoms with Crippen molar-refractivity contribution in [2.45, 2.75) is 12.1 Å². The molecule has 2 bridgehead atoms. The van der Waals surface area contributed by atoms with E-state index in [-0.39, 0.29) is 0 Å². The maximum absolute atomic E-state index is 5.89. The minimum atomic E-state index is 0.302. The van der Waals surface area contributed by atoms with Crippen LogP contribution >= 0.6 is 0 Å². The summed E-state index contributed by atoms with van der Waals surface area (Å²) in [4.78, 5) is 2.30. The van der Waals surface area contributed by atoms with E-state index in [4.69, 9.17) is 10.5 Å². The van der Waals surface area contributed by atoms with Crippen LogP contribution in [0.4, 0.5) is 0 Å². The lowest BCUT2D eigenvalue weighted by atomic mass is 9.95. The van der Waals surface area contributed by atoms with Crippen LogP contribution in [0.5, 0.6) is 0 Å². The zero-order chi connectivity index (χ0) is 7.14. The van der Waals surface area contributed by atoms with E-state index in [9.17, 15) is 0 Å². The third-order valence-electron chi connectivity index (χ3n) is 2.54. The number of hydrogen-bond acceptors (Lipinski definition) is 3. The fraction of sp³-hybridized carbons (Fsp3) is 1.00. The Bertz CT molecular complexity index is 126. The highest BCUT2D eigenvalue weighted by molar-refractivity contribution is 4.93. The molecule has 0 aromatic rings. The lowest BCUT2D eigenvalue weighted by molar-refractivity contribution is 0.0822. The van der Waals surface area contributed by atoms with Gasteiger partial charge in [-0.05, 0) is 7.05 Å². The largest absolute Gasteiger partial charge is 0.375 e. The van der Waals surface area contributed by atoms with E-state index in [2.05, 4.69) is 11.9 Å². The molecule has 3 atom stereocenters. The predicted molar refractivity (Wildman–Crippen MR) is 38.7 cm³/mol. The second-order valence-corrected chi connectivity index (χ2v) is 3.43. The number of likely N-dealkylation sites (N-methyl/N-ethyl adjacent to an activating group) is 1. The van der Waals surface area contributed by atoms with Gasteiger partial charge in [0.25, 0.3) is 0 Å². The van der Waals surface area contributed by atoms with E-state index in [1.54, 1.807) is 0 Å². The van der Waals surface area contributed by atoms with Crippen molar-refractivity contribution in [2.24, 2.45) is 11.7 Å². The number of fused-ring (bicyclic) bond motifs is 2. The molecule has 3 unspecified atom stereocenters. The third-order valence-corrected chi connectivity index (χ3v) is 2.54. The van der Waals surface area contributed by atoms with Crippen molar-refractivity contribution in [3.8, 4) is 0 Å². The Morgan fingerprint density at radius 3 is 3.00 bits per heavy atom. The summed E-state index contributed by atoms with van der Waals surface area (Å²) in [6, 6.07) is 0.302. The predicted octanol–water partition coefficient (Wildman–Crippen LogP) is -0.726. The van der Waals surface area contributed by atoms with Crippen molar-refractivity contribution < 1.29 is 4.74 Å². The summed E-state index contributed by atoms with van der Waals surface area (Å²) in [6.07, 6.45) is 0.309. The lowest BCUT2D eigenvalue weighted by Crippen LogP contribution is -2.50. The maximum atomic E-state index is 5.89. The Labute approximate surface area is 61.1 Å². The van der Waals surface area contributed by atoms with Gasteiger partial charge in [-0.15, -0.1) is 0 Å². The van der Waals surface area contributed by atoms with Gasteiger partial charge in [-0.1, -0.05) is 0 Å². The molecular weight excluding hydrogens is 128 g/mol. The van der Waals surface area contributed by atoms with Gasteiger partial charge in [-0.25, -0.2) is 0 Å². The SMILES string of the molecule is CN1CC2COC(C1)C2N. The molecular formula is C7H14N2O. The number of hydrogen-bond donors (Lipinski definition) is 1. The van der Waals surface area contributed by atoms with Crippen molar-refractivity contribution in [1.82, 2.24) is 4.90 Å². The molecule has 2 aliphatic heterocycles. The molecule has 2 saturated heterocycles. The molecule has 0 aliphatic carbocycles. The number of piperidine rings is 1. The van der Waals surface area contributed by atoms with Gasteiger partial charge in [0.15, 0.2) is 0 Å². The van der Waals surface area contributed by atoms with Crippen LogP contribution in [0.15, 0.2) is 0 Å². The van der Waals surface area contributed by atoms with Crippen LogP contribution in [0.1, 0.15) is 0 Å². The fourth-order valence-electron chi connectivity index (χ4n) is 1.90. The molecule has 2 rings (SSSR count). The molecule has 2 fully saturated rings. The van der Waals surface area contributed by atoms with Crippen LogP contribution in [0, 0.1) is 5.92 Å². The van der Waals surface area contributed by atoms with Gasteiger partial charge in [-0.2, -0.15) is 0 Å². The third kappa shape index (κ3) is 0.856. The van der Waals surface area contributed by atoms with Crippen LogP contribution in [0.25, 0.3) is 0 Å². The number of ether oxygens (including phenoxy) is 1. The molecule has 3 heteroatoms. The van der Waals surface area contributed by atoms with Gasteiger partial charge in [0.1, 0.15) is 0 Å². The zero-order valence-electron chi connectivity index (χ0n) is 6.29. The first kappa shape index (κ1) is 6.58. The monoisotopic (exact) mass is 142 g/mol. The van der Waals surface area contributed by atoms with Gasteiger partial charge in [0, 0.05) is 25.0 Å². The molecule has 3 nitrogen and oxygen atoms in total. The summed E-state index contributed by atoms with van der Waals surface area (Å²) < 4.78 is 5.49. The first-order valence-corrected chi connectivity index (χ1v) is 3.83. The molecule has 0 saturated carbocycles. The molecule has 2 heterocycles. The van der Waals surface area contributed by atoms with Crippen molar-refractivity contribution >= 4 is 0 Å². The zero-order valence-corrected chi connectivity index (χ0v) is 6.29. The van der Waals surface area contributed by atoms with E-state index < -0.39 is 0 Å². The summed E-state index contributed by atoms with van der Waals surface area (Å²) in [5.74, 6) is 0.587. The Morgan fingerprint density at radius 2 is 2.30 bits per heavy atom. The Kier molecular flexibility index (Phi) is 1.44. The van der Waals surface area contributed by atoms with Crippen molar-refractivity contribution in [1.29, 1.82) is 0 Å². The minimum absolute atomic E-state index is 0.302. The first-order chi connectivity index (χ1) is 4.77. The quantitative estimate of drug-likeness (QED) is 0.485. The summed E-state index contributed by atoms with van der Waals surface area (Å²) in [5.41, 5.74) is 5.89. The molecule has 0 aromatic carbocycles. The number of likely N-dealkylation sites (tertiary alicyclic amines) is 1. The van der Waals surface area contributed by atoms with Crippen molar-refractivity contribution in [3.05, 3.63) is 0 Å². The van der Waals surface area contributed by atoms with Crippen LogP contribution in [-0.2, 0) is 4.74 Å². The Morgan fingerprint density at radius 1 is 1.50 bits per heavy atom. The van der Waals surface area contributed by atoms with Gasteiger partial charge in [0.2, 0.25) is 0 Å². The minimum Gasteiger partial charge on any atom is -0.375 e. The second-order valence-electron chi connectivity index (χ2n) is 3.43.